The molecule has 0 amide bonds. The topological polar surface area (TPSA) is 27.0 Å². The Morgan fingerprint density at radius 2 is 1.92 bits per heavy atom. The van der Waals surface area contributed by atoms with E-state index in [-0.39, 0.29) is 5.92 Å². The van der Waals surface area contributed by atoms with Gasteiger partial charge in [0, 0.05) is 6.54 Å². The smallest absolute Gasteiger partial charge is 0.0666 e. The standard InChI is InChI=1S/C11H22N2/c1-10(8-12)9-13(5)7-6-11(2,3)4/h10H,6-7,9H2,1-5H3. The second-order valence-electron chi connectivity index (χ2n) is 5.10. The molecule has 0 aromatic rings. The predicted octanol–water partition coefficient (Wildman–Crippen LogP) is 2.51. The first-order valence-corrected chi connectivity index (χ1v) is 4.93. The van der Waals surface area contributed by atoms with E-state index in [2.05, 4.69) is 38.8 Å². The van der Waals surface area contributed by atoms with Gasteiger partial charge in [-0.1, -0.05) is 20.8 Å². The molecule has 1 atom stereocenters. The van der Waals surface area contributed by atoms with Crippen molar-refractivity contribution in [2.45, 2.75) is 34.1 Å². The molecular weight excluding hydrogens is 160 g/mol. The highest BCUT2D eigenvalue weighted by Gasteiger charge is 2.12. The van der Waals surface area contributed by atoms with Crippen molar-refractivity contribution in [1.29, 1.82) is 5.26 Å². The summed E-state index contributed by atoms with van der Waals surface area (Å²) >= 11 is 0. The predicted molar refractivity (Wildman–Crippen MR) is 56.3 cm³/mol. The number of rotatable bonds is 4. The first-order valence-electron chi connectivity index (χ1n) is 4.93. The first kappa shape index (κ1) is 12.4. The average Bonchev–Trinajstić information content (AvgIpc) is 1.99. The third-order valence-electron chi connectivity index (χ3n) is 2.05. The Bertz CT molecular complexity index is 174. The molecule has 0 bridgehead atoms. The fourth-order valence-corrected chi connectivity index (χ4v) is 1.13. The lowest BCUT2D eigenvalue weighted by atomic mass is 9.92. The largest absolute Gasteiger partial charge is 0.305 e. The average molecular weight is 182 g/mol. The van der Waals surface area contributed by atoms with E-state index in [4.69, 9.17) is 5.26 Å². The van der Waals surface area contributed by atoms with E-state index in [0.29, 0.717) is 5.41 Å². The maximum Gasteiger partial charge on any atom is 0.0666 e. The van der Waals surface area contributed by atoms with Crippen molar-refractivity contribution in [2.75, 3.05) is 20.1 Å². The van der Waals surface area contributed by atoms with Crippen molar-refractivity contribution < 1.29 is 0 Å². The summed E-state index contributed by atoms with van der Waals surface area (Å²) in [6.45, 7) is 10.7. The van der Waals surface area contributed by atoms with Crippen molar-refractivity contribution in [2.24, 2.45) is 11.3 Å². The van der Waals surface area contributed by atoms with Crippen LogP contribution in [0.25, 0.3) is 0 Å². The van der Waals surface area contributed by atoms with E-state index in [0.717, 1.165) is 13.1 Å². The van der Waals surface area contributed by atoms with E-state index < -0.39 is 0 Å². The molecule has 0 saturated heterocycles. The number of nitrogens with zero attached hydrogens (tertiary/aromatic N) is 2. The number of hydrogen-bond acceptors (Lipinski definition) is 2. The molecule has 0 spiro atoms. The molecule has 76 valence electrons. The van der Waals surface area contributed by atoms with Gasteiger partial charge in [-0.25, -0.2) is 0 Å². The molecule has 13 heavy (non-hydrogen) atoms. The maximum atomic E-state index is 8.64. The van der Waals surface area contributed by atoms with Gasteiger partial charge < -0.3 is 4.90 Å². The summed E-state index contributed by atoms with van der Waals surface area (Å²) in [6, 6.07) is 2.25. The van der Waals surface area contributed by atoms with Crippen LogP contribution in [0.3, 0.4) is 0 Å². The first-order chi connectivity index (χ1) is 5.85. The van der Waals surface area contributed by atoms with Crippen LogP contribution in [0.1, 0.15) is 34.1 Å². The summed E-state index contributed by atoms with van der Waals surface area (Å²) in [5.41, 5.74) is 0.393. The zero-order chi connectivity index (χ0) is 10.5. The van der Waals surface area contributed by atoms with Crippen molar-refractivity contribution in [3.8, 4) is 6.07 Å². The zero-order valence-electron chi connectivity index (χ0n) is 9.59. The van der Waals surface area contributed by atoms with Gasteiger partial charge in [-0.15, -0.1) is 0 Å². The molecule has 0 rings (SSSR count). The van der Waals surface area contributed by atoms with Gasteiger partial charge in [0.25, 0.3) is 0 Å². The van der Waals surface area contributed by atoms with E-state index >= 15 is 0 Å². The molecule has 2 nitrogen and oxygen atoms in total. The molecular formula is C11H22N2. The van der Waals surface area contributed by atoms with Crippen molar-refractivity contribution in [3.63, 3.8) is 0 Å². The molecule has 0 heterocycles. The Hall–Kier alpha value is -0.550. The normalized spacial score (nSPS) is 14.2. The van der Waals surface area contributed by atoms with Gasteiger partial charge in [-0.3, -0.25) is 0 Å². The molecule has 2 heteroatoms. The van der Waals surface area contributed by atoms with E-state index in [9.17, 15) is 0 Å². The molecule has 0 saturated carbocycles. The van der Waals surface area contributed by atoms with Gasteiger partial charge >= 0.3 is 0 Å². The Morgan fingerprint density at radius 1 is 1.38 bits per heavy atom. The van der Waals surface area contributed by atoms with E-state index in [1.807, 2.05) is 6.92 Å². The summed E-state index contributed by atoms with van der Waals surface area (Å²) in [5.74, 6) is 0.143. The summed E-state index contributed by atoms with van der Waals surface area (Å²) in [5, 5.41) is 8.64. The van der Waals surface area contributed by atoms with Crippen molar-refractivity contribution in [1.82, 2.24) is 4.90 Å². The Labute approximate surface area is 82.5 Å². The summed E-state index contributed by atoms with van der Waals surface area (Å²) in [7, 11) is 2.08. The molecule has 1 unspecified atom stereocenters. The van der Waals surface area contributed by atoms with Crippen LogP contribution in [0.4, 0.5) is 0 Å². The SMILES string of the molecule is CC(C#N)CN(C)CCC(C)(C)C. The molecule has 0 aliphatic heterocycles. The Balaban J connectivity index is 3.65. The second kappa shape index (κ2) is 5.24. The summed E-state index contributed by atoms with van der Waals surface area (Å²) in [4.78, 5) is 2.24. The van der Waals surface area contributed by atoms with Gasteiger partial charge in [0.05, 0.1) is 12.0 Å². The second-order valence-corrected chi connectivity index (χ2v) is 5.10. The fraction of sp³-hybridized carbons (Fsp3) is 0.909. The van der Waals surface area contributed by atoms with E-state index in [1.54, 1.807) is 0 Å². The summed E-state index contributed by atoms with van der Waals surface area (Å²) in [6.07, 6.45) is 1.18. The zero-order valence-corrected chi connectivity index (χ0v) is 9.59. The Morgan fingerprint density at radius 3 is 2.31 bits per heavy atom. The van der Waals surface area contributed by atoms with Crippen molar-refractivity contribution >= 4 is 0 Å². The van der Waals surface area contributed by atoms with Crippen LogP contribution in [0, 0.1) is 22.7 Å². The minimum atomic E-state index is 0.143. The monoisotopic (exact) mass is 182 g/mol. The third-order valence-corrected chi connectivity index (χ3v) is 2.05. The molecule has 0 radical (unpaired) electrons. The van der Waals surface area contributed by atoms with Gasteiger partial charge in [0.2, 0.25) is 0 Å². The van der Waals surface area contributed by atoms with Crippen molar-refractivity contribution in [3.05, 3.63) is 0 Å². The minimum Gasteiger partial charge on any atom is -0.305 e. The van der Waals surface area contributed by atoms with Gasteiger partial charge in [0.15, 0.2) is 0 Å². The Kier molecular flexibility index (Phi) is 5.02. The quantitative estimate of drug-likeness (QED) is 0.668. The van der Waals surface area contributed by atoms with Crippen LogP contribution in [0.5, 0.6) is 0 Å². The van der Waals surface area contributed by atoms with Crippen LogP contribution in [-0.2, 0) is 0 Å². The van der Waals surface area contributed by atoms with E-state index in [1.165, 1.54) is 6.42 Å². The highest BCUT2D eigenvalue weighted by Crippen LogP contribution is 2.18. The fourth-order valence-electron chi connectivity index (χ4n) is 1.13. The third kappa shape index (κ3) is 7.80. The number of nitriles is 1. The highest BCUT2D eigenvalue weighted by molar-refractivity contribution is 4.80. The molecule has 0 N–H and O–H groups in total. The molecule has 0 fully saturated rings. The molecule has 0 aromatic carbocycles. The highest BCUT2D eigenvalue weighted by atomic mass is 15.1. The minimum absolute atomic E-state index is 0.143. The maximum absolute atomic E-state index is 8.64. The van der Waals surface area contributed by atoms with Crippen LogP contribution in [0.2, 0.25) is 0 Å². The molecule has 0 aromatic heterocycles. The van der Waals surface area contributed by atoms with Crippen LogP contribution < -0.4 is 0 Å². The van der Waals surface area contributed by atoms with Crippen LogP contribution in [-0.4, -0.2) is 25.0 Å². The van der Waals surface area contributed by atoms with Gasteiger partial charge in [0.1, 0.15) is 0 Å². The summed E-state index contributed by atoms with van der Waals surface area (Å²) < 4.78 is 0. The van der Waals surface area contributed by atoms with Crippen LogP contribution >= 0.6 is 0 Å². The van der Waals surface area contributed by atoms with Gasteiger partial charge in [-0.2, -0.15) is 5.26 Å². The lowest BCUT2D eigenvalue weighted by Gasteiger charge is -2.23. The lowest BCUT2D eigenvalue weighted by molar-refractivity contribution is 0.252. The number of hydrogen-bond donors (Lipinski definition) is 0. The molecule has 0 aliphatic carbocycles. The van der Waals surface area contributed by atoms with Gasteiger partial charge in [-0.05, 0) is 32.4 Å². The van der Waals surface area contributed by atoms with Crippen LogP contribution in [0.15, 0.2) is 0 Å². The molecule has 0 aliphatic rings. The lowest BCUT2D eigenvalue weighted by Crippen LogP contribution is -2.27.